The molecule has 0 atom stereocenters. The van der Waals surface area contributed by atoms with Gasteiger partial charge in [-0.3, -0.25) is 0 Å². The molecular formula is C23H24O3. The van der Waals surface area contributed by atoms with Crippen LogP contribution in [0, 0.1) is 0 Å². The summed E-state index contributed by atoms with van der Waals surface area (Å²) in [7, 11) is 0. The van der Waals surface area contributed by atoms with Gasteiger partial charge >= 0.3 is 0 Å². The first-order valence-electron chi connectivity index (χ1n) is 8.83. The summed E-state index contributed by atoms with van der Waals surface area (Å²) in [6.07, 6.45) is -0.417. The summed E-state index contributed by atoms with van der Waals surface area (Å²) in [5.74, 6) is 0. The van der Waals surface area contributed by atoms with Gasteiger partial charge in [-0.25, -0.2) is 0 Å². The molecule has 0 N–H and O–H groups in total. The standard InChI is InChI=1S/C23H24O3/c1-4-10-20(11-5-1)16-24-19-23(25-17-21-12-6-2-7-13-21)26-18-22-14-8-3-9-15-22/h1-15,23H,16-19H2. The van der Waals surface area contributed by atoms with Crippen molar-refractivity contribution in [3.63, 3.8) is 0 Å². The minimum Gasteiger partial charge on any atom is -0.371 e. The maximum Gasteiger partial charge on any atom is 0.181 e. The van der Waals surface area contributed by atoms with Gasteiger partial charge < -0.3 is 14.2 Å². The van der Waals surface area contributed by atoms with Crippen LogP contribution >= 0.6 is 0 Å². The van der Waals surface area contributed by atoms with Crippen LogP contribution in [0.4, 0.5) is 0 Å². The zero-order chi connectivity index (χ0) is 17.9. The van der Waals surface area contributed by atoms with Crippen LogP contribution < -0.4 is 0 Å². The van der Waals surface area contributed by atoms with Crippen molar-refractivity contribution < 1.29 is 14.2 Å². The van der Waals surface area contributed by atoms with Crippen molar-refractivity contribution in [1.29, 1.82) is 0 Å². The molecule has 134 valence electrons. The van der Waals surface area contributed by atoms with Gasteiger partial charge in [0.2, 0.25) is 0 Å². The summed E-state index contributed by atoms with van der Waals surface area (Å²) in [5.41, 5.74) is 3.37. The highest BCUT2D eigenvalue weighted by atomic mass is 16.7. The van der Waals surface area contributed by atoms with Crippen molar-refractivity contribution in [2.45, 2.75) is 26.1 Å². The van der Waals surface area contributed by atoms with Crippen molar-refractivity contribution in [2.24, 2.45) is 0 Å². The second-order valence-electron chi connectivity index (χ2n) is 6.02. The maximum absolute atomic E-state index is 5.94. The Kier molecular flexibility index (Phi) is 7.41. The molecule has 0 fully saturated rings. The third-order valence-electron chi connectivity index (χ3n) is 3.92. The molecular weight excluding hydrogens is 324 g/mol. The summed E-state index contributed by atoms with van der Waals surface area (Å²) >= 11 is 0. The van der Waals surface area contributed by atoms with E-state index in [1.54, 1.807) is 0 Å². The maximum atomic E-state index is 5.94. The summed E-state index contributed by atoms with van der Waals surface area (Å²) in [6, 6.07) is 30.3. The second-order valence-corrected chi connectivity index (χ2v) is 6.02. The Morgan fingerprint density at radius 2 is 0.885 bits per heavy atom. The van der Waals surface area contributed by atoms with E-state index in [0.29, 0.717) is 26.4 Å². The number of hydrogen-bond acceptors (Lipinski definition) is 3. The molecule has 0 spiro atoms. The van der Waals surface area contributed by atoms with Gasteiger partial charge in [0.25, 0.3) is 0 Å². The zero-order valence-corrected chi connectivity index (χ0v) is 14.8. The van der Waals surface area contributed by atoms with E-state index in [1.807, 2.05) is 91.0 Å². The van der Waals surface area contributed by atoms with Gasteiger partial charge in [0.1, 0.15) is 0 Å². The predicted octanol–water partition coefficient (Wildman–Crippen LogP) is 4.96. The first-order chi connectivity index (χ1) is 12.9. The highest BCUT2D eigenvalue weighted by Crippen LogP contribution is 2.10. The lowest BCUT2D eigenvalue weighted by atomic mass is 10.2. The van der Waals surface area contributed by atoms with Gasteiger partial charge in [0, 0.05) is 0 Å². The summed E-state index contributed by atoms with van der Waals surface area (Å²) in [4.78, 5) is 0. The molecule has 3 aromatic rings. The molecule has 3 nitrogen and oxygen atoms in total. The van der Waals surface area contributed by atoms with Crippen molar-refractivity contribution in [3.05, 3.63) is 108 Å². The van der Waals surface area contributed by atoms with Crippen molar-refractivity contribution in [1.82, 2.24) is 0 Å². The molecule has 0 bridgehead atoms. The molecule has 0 heterocycles. The van der Waals surface area contributed by atoms with Gasteiger partial charge in [-0.1, -0.05) is 91.0 Å². The molecule has 0 unspecified atom stereocenters. The van der Waals surface area contributed by atoms with E-state index in [0.717, 1.165) is 16.7 Å². The average molecular weight is 348 g/mol. The van der Waals surface area contributed by atoms with Gasteiger partial charge in [0.15, 0.2) is 6.29 Å². The van der Waals surface area contributed by atoms with Crippen LogP contribution in [0.2, 0.25) is 0 Å². The first-order valence-corrected chi connectivity index (χ1v) is 8.83. The van der Waals surface area contributed by atoms with Crippen LogP contribution in [0.5, 0.6) is 0 Å². The molecule has 26 heavy (non-hydrogen) atoms. The summed E-state index contributed by atoms with van der Waals surface area (Å²) < 4.78 is 17.7. The Bertz CT molecular complexity index is 686. The van der Waals surface area contributed by atoms with E-state index in [4.69, 9.17) is 14.2 Å². The molecule has 3 rings (SSSR count). The Morgan fingerprint density at radius 1 is 0.500 bits per heavy atom. The molecule has 3 aromatic carbocycles. The molecule has 0 aromatic heterocycles. The molecule has 0 saturated heterocycles. The number of ether oxygens (including phenoxy) is 3. The van der Waals surface area contributed by atoms with Gasteiger partial charge in [-0.2, -0.15) is 0 Å². The van der Waals surface area contributed by atoms with E-state index in [2.05, 4.69) is 0 Å². The average Bonchev–Trinajstić information content (AvgIpc) is 2.72. The van der Waals surface area contributed by atoms with Crippen molar-refractivity contribution in [3.8, 4) is 0 Å². The quantitative estimate of drug-likeness (QED) is 0.485. The number of hydrogen-bond donors (Lipinski definition) is 0. The van der Waals surface area contributed by atoms with E-state index >= 15 is 0 Å². The summed E-state index contributed by atoms with van der Waals surface area (Å²) in [6.45, 7) is 1.92. The monoisotopic (exact) mass is 348 g/mol. The Labute approximate surface area is 155 Å². The molecule has 0 aliphatic rings. The lowest BCUT2D eigenvalue weighted by Crippen LogP contribution is -2.23. The fourth-order valence-electron chi connectivity index (χ4n) is 2.52. The smallest absolute Gasteiger partial charge is 0.181 e. The second kappa shape index (κ2) is 10.5. The molecule has 0 saturated carbocycles. The SMILES string of the molecule is c1ccc(COCC(OCc2ccccc2)OCc2ccccc2)cc1. The molecule has 0 radical (unpaired) electrons. The van der Waals surface area contributed by atoms with Crippen molar-refractivity contribution >= 4 is 0 Å². The molecule has 0 amide bonds. The lowest BCUT2D eigenvalue weighted by molar-refractivity contribution is -0.186. The largest absolute Gasteiger partial charge is 0.371 e. The van der Waals surface area contributed by atoms with E-state index in [-0.39, 0.29) is 0 Å². The van der Waals surface area contributed by atoms with Crippen LogP contribution in [0.25, 0.3) is 0 Å². The third kappa shape index (κ3) is 6.45. The topological polar surface area (TPSA) is 27.7 Å². The van der Waals surface area contributed by atoms with Crippen LogP contribution in [0.1, 0.15) is 16.7 Å². The third-order valence-corrected chi connectivity index (χ3v) is 3.92. The van der Waals surface area contributed by atoms with E-state index in [9.17, 15) is 0 Å². The Hall–Kier alpha value is -2.46. The number of benzene rings is 3. The van der Waals surface area contributed by atoms with Crippen LogP contribution in [0.3, 0.4) is 0 Å². The Morgan fingerprint density at radius 3 is 1.31 bits per heavy atom. The van der Waals surface area contributed by atoms with Gasteiger partial charge in [-0.15, -0.1) is 0 Å². The minimum atomic E-state index is -0.417. The Balaban J connectivity index is 1.51. The number of rotatable bonds is 10. The van der Waals surface area contributed by atoms with E-state index in [1.165, 1.54) is 0 Å². The van der Waals surface area contributed by atoms with Gasteiger partial charge in [0.05, 0.1) is 26.4 Å². The fraction of sp³-hybridized carbons (Fsp3) is 0.217. The predicted molar refractivity (Wildman–Crippen MR) is 102 cm³/mol. The summed E-state index contributed by atoms with van der Waals surface area (Å²) in [5, 5.41) is 0. The van der Waals surface area contributed by atoms with E-state index < -0.39 is 6.29 Å². The molecule has 0 aliphatic carbocycles. The van der Waals surface area contributed by atoms with Crippen LogP contribution in [-0.4, -0.2) is 12.9 Å². The van der Waals surface area contributed by atoms with Crippen molar-refractivity contribution in [2.75, 3.05) is 6.61 Å². The molecule has 0 aliphatic heterocycles. The highest BCUT2D eigenvalue weighted by Gasteiger charge is 2.11. The lowest BCUT2D eigenvalue weighted by Gasteiger charge is -2.19. The van der Waals surface area contributed by atoms with Crippen LogP contribution in [0.15, 0.2) is 91.0 Å². The fourth-order valence-corrected chi connectivity index (χ4v) is 2.52. The normalized spacial score (nSPS) is 11.0. The van der Waals surface area contributed by atoms with Gasteiger partial charge in [-0.05, 0) is 16.7 Å². The minimum absolute atomic E-state index is 0.383. The zero-order valence-electron chi connectivity index (χ0n) is 14.8. The first kappa shape index (κ1) is 18.3. The van der Waals surface area contributed by atoms with Crippen LogP contribution in [-0.2, 0) is 34.0 Å². The highest BCUT2D eigenvalue weighted by molar-refractivity contribution is 5.15. The molecule has 3 heteroatoms.